The SMILES string of the molecule is CCOc1c(OC)cc(/C=N/NC(=O)CCc2n[nH]c(=O)[nH]c2=O)cc1OC. The molecule has 0 spiro atoms. The lowest BCUT2D eigenvalue weighted by Gasteiger charge is -2.14. The lowest BCUT2D eigenvalue weighted by molar-refractivity contribution is -0.121. The van der Waals surface area contributed by atoms with Crippen molar-refractivity contribution in [2.24, 2.45) is 5.10 Å². The Balaban J connectivity index is 2.00. The van der Waals surface area contributed by atoms with Crippen LogP contribution in [0.3, 0.4) is 0 Å². The van der Waals surface area contributed by atoms with E-state index in [9.17, 15) is 14.4 Å². The third kappa shape index (κ3) is 5.43. The first kappa shape index (κ1) is 20.7. The third-order valence-corrected chi connectivity index (χ3v) is 3.54. The van der Waals surface area contributed by atoms with Gasteiger partial charge in [-0.2, -0.15) is 10.2 Å². The van der Waals surface area contributed by atoms with Gasteiger partial charge in [0.05, 0.1) is 27.0 Å². The normalized spacial score (nSPS) is 10.7. The molecule has 0 aliphatic carbocycles. The molecule has 1 heterocycles. The molecule has 0 bridgehead atoms. The summed E-state index contributed by atoms with van der Waals surface area (Å²) in [5, 5.41) is 9.58. The van der Waals surface area contributed by atoms with Crippen LogP contribution in [0.4, 0.5) is 0 Å². The first-order valence-electron chi connectivity index (χ1n) is 8.37. The van der Waals surface area contributed by atoms with Crippen LogP contribution >= 0.6 is 0 Å². The summed E-state index contributed by atoms with van der Waals surface area (Å²) in [4.78, 5) is 36.3. The number of carbonyl (C=O) groups excluding carboxylic acids is 1. The number of benzene rings is 1. The molecule has 2 aromatic rings. The van der Waals surface area contributed by atoms with E-state index < -0.39 is 17.2 Å². The molecule has 0 radical (unpaired) electrons. The fourth-order valence-corrected chi connectivity index (χ4v) is 2.27. The number of H-pyrrole nitrogens is 2. The van der Waals surface area contributed by atoms with Crippen molar-refractivity contribution in [3.8, 4) is 17.2 Å². The Morgan fingerprint density at radius 1 is 1.25 bits per heavy atom. The van der Waals surface area contributed by atoms with E-state index in [4.69, 9.17) is 14.2 Å². The van der Waals surface area contributed by atoms with Gasteiger partial charge in [-0.15, -0.1) is 0 Å². The lowest BCUT2D eigenvalue weighted by atomic mass is 10.2. The molecule has 1 aromatic carbocycles. The van der Waals surface area contributed by atoms with Crippen molar-refractivity contribution in [3.05, 3.63) is 44.2 Å². The molecule has 0 atom stereocenters. The molecule has 150 valence electrons. The number of aryl methyl sites for hydroxylation is 1. The topological polar surface area (TPSA) is 148 Å². The first-order chi connectivity index (χ1) is 13.5. The number of amides is 1. The van der Waals surface area contributed by atoms with E-state index in [0.29, 0.717) is 29.4 Å². The van der Waals surface area contributed by atoms with Crippen LogP contribution in [-0.4, -0.2) is 48.1 Å². The number of ether oxygens (including phenoxy) is 3. The van der Waals surface area contributed by atoms with E-state index >= 15 is 0 Å². The molecule has 28 heavy (non-hydrogen) atoms. The van der Waals surface area contributed by atoms with Crippen LogP contribution in [0.5, 0.6) is 17.2 Å². The highest BCUT2D eigenvalue weighted by molar-refractivity contribution is 5.84. The number of nitrogens with one attached hydrogen (secondary N) is 3. The summed E-state index contributed by atoms with van der Waals surface area (Å²) in [5.74, 6) is 0.996. The van der Waals surface area contributed by atoms with E-state index in [0.717, 1.165) is 0 Å². The van der Waals surface area contributed by atoms with Gasteiger partial charge in [0.25, 0.3) is 5.56 Å². The number of hydrogen-bond acceptors (Lipinski definition) is 8. The molecule has 3 N–H and O–H groups in total. The summed E-state index contributed by atoms with van der Waals surface area (Å²) >= 11 is 0. The van der Waals surface area contributed by atoms with Crippen molar-refractivity contribution in [1.29, 1.82) is 0 Å². The van der Waals surface area contributed by atoms with Crippen LogP contribution in [0.25, 0.3) is 0 Å². The predicted molar refractivity (Wildman–Crippen MR) is 100 cm³/mol. The van der Waals surface area contributed by atoms with Gasteiger partial charge in [-0.05, 0) is 19.1 Å². The number of hydrogen-bond donors (Lipinski definition) is 3. The van der Waals surface area contributed by atoms with Gasteiger partial charge in [-0.3, -0.25) is 14.6 Å². The van der Waals surface area contributed by atoms with Gasteiger partial charge < -0.3 is 14.2 Å². The molecule has 0 saturated heterocycles. The number of aromatic amines is 2. The second-order valence-electron chi connectivity index (χ2n) is 5.43. The summed E-state index contributed by atoms with van der Waals surface area (Å²) in [6.07, 6.45) is 1.44. The zero-order chi connectivity index (χ0) is 20.5. The van der Waals surface area contributed by atoms with Gasteiger partial charge in [-0.25, -0.2) is 15.3 Å². The number of carbonyl (C=O) groups is 1. The van der Waals surface area contributed by atoms with Crippen LogP contribution in [0.15, 0.2) is 26.8 Å². The lowest BCUT2D eigenvalue weighted by Crippen LogP contribution is -2.28. The van der Waals surface area contributed by atoms with E-state index in [2.05, 4.69) is 20.7 Å². The minimum absolute atomic E-state index is 0.0324. The van der Waals surface area contributed by atoms with Crippen LogP contribution in [0, 0.1) is 0 Å². The van der Waals surface area contributed by atoms with Crippen molar-refractivity contribution in [3.63, 3.8) is 0 Å². The fraction of sp³-hybridized carbons (Fsp3) is 0.353. The Kier molecular flexibility index (Phi) is 7.31. The zero-order valence-corrected chi connectivity index (χ0v) is 15.7. The quantitative estimate of drug-likeness (QED) is 0.401. The molecule has 11 nitrogen and oxygen atoms in total. The monoisotopic (exact) mass is 391 g/mol. The van der Waals surface area contributed by atoms with Gasteiger partial charge in [-0.1, -0.05) is 0 Å². The fourth-order valence-electron chi connectivity index (χ4n) is 2.27. The first-order valence-corrected chi connectivity index (χ1v) is 8.37. The van der Waals surface area contributed by atoms with Gasteiger partial charge in [0, 0.05) is 18.4 Å². The highest BCUT2D eigenvalue weighted by Gasteiger charge is 2.13. The summed E-state index contributed by atoms with van der Waals surface area (Å²) < 4.78 is 16.1. The van der Waals surface area contributed by atoms with Crippen molar-refractivity contribution >= 4 is 12.1 Å². The smallest absolute Gasteiger partial charge is 0.342 e. The van der Waals surface area contributed by atoms with E-state index in [1.807, 2.05) is 11.9 Å². The molecule has 0 fully saturated rings. The largest absolute Gasteiger partial charge is 0.493 e. The molecule has 0 unspecified atom stereocenters. The average Bonchev–Trinajstić information content (AvgIpc) is 2.68. The van der Waals surface area contributed by atoms with Crippen molar-refractivity contribution in [1.82, 2.24) is 20.6 Å². The predicted octanol–water partition coefficient (Wildman–Crippen LogP) is -0.0430. The Morgan fingerprint density at radius 3 is 2.50 bits per heavy atom. The number of aromatic nitrogens is 3. The maximum absolute atomic E-state index is 11.9. The Labute approximate surface area is 159 Å². The highest BCUT2D eigenvalue weighted by Crippen LogP contribution is 2.38. The van der Waals surface area contributed by atoms with Crippen LogP contribution in [0.1, 0.15) is 24.6 Å². The number of rotatable bonds is 9. The summed E-state index contributed by atoms with van der Waals surface area (Å²) in [6, 6.07) is 3.37. The van der Waals surface area contributed by atoms with Gasteiger partial charge in [0.15, 0.2) is 11.5 Å². The number of nitrogens with zero attached hydrogens (tertiary/aromatic N) is 2. The molecule has 1 aromatic heterocycles. The minimum Gasteiger partial charge on any atom is -0.493 e. The Bertz CT molecular complexity index is 940. The maximum Gasteiger partial charge on any atom is 0.342 e. The second-order valence-corrected chi connectivity index (χ2v) is 5.43. The van der Waals surface area contributed by atoms with Gasteiger partial charge in [0.2, 0.25) is 11.7 Å². The highest BCUT2D eigenvalue weighted by atomic mass is 16.5. The Morgan fingerprint density at radius 2 is 1.93 bits per heavy atom. The van der Waals surface area contributed by atoms with Crippen LogP contribution in [-0.2, 0) is 11.2 Å². The molecule has 0 saturated carbocycles. The van der Waals surface area contributed by atoms with Crippen molar-refractivity contribution in [2.45, 2.75) is 19.8 Å². The molecule has 2 rings (SSSR count). The molecule has 1 amide bonds. The molecular formula is C17H21N5O6. The van der Waals surface area contributed by atoms with E-state index in [-0.39, 0.29) is 18.5 Å². The molecule has 0 aliphatic rings. The molecular weight excluding hydrogens is 370 g/mol. The number of hydrazone groups is 1. The Hall–Kier alpha value is -3.63. The summed E-state index contributed by atoms with van der Waals surface area (Å²) in [6.45, 7) is 2.30. The van der Waals surface area contributed by atoms with Crippen LogP contribution < -0.4 is 30.9 Å². The van der Waals surface area contributed by atoms with Crippen molar-refractivity contribution < 1.29 is 19.0 Å². The second kappa shape index (κ2) is 9.90. The van der Waals surface area contributed by atoms with E-state index in [1.165, 1.54) is 20.4 Å². The third-order valence-electron chi connectivity index (χ3n) is 3.54. The van der Waals surface area contributed by atoms with Gasteiger partial charge >= 0.3 is 5.69 Å². The summed E-state index contributed by atoms with van der Waals surface area (Å²) in [5.41, 5.74) is 1.69. The molecule has 0 aliphatic heterocycles. The van der Waals surface area contributed by atoms with Gasteiger partial charge in [0.1, 0.15) is 5.69 Å². The van der Waals surface area contributed by atoms with Crippen LogP contribution in [0.2, 0.25) is 0 Å². The zero-order valence-electron chi connectivity index (χ0n) is 15.7. The minimum atomic E-state index is -0.705. The summed E-state index contributed by atoms with van der Waals surface area (Å²) in [7, 11) is 3.01. The van der Waals surface area contributed by atoms with E-state index in [1.54, 1.807) is 12.1 Å². The van der Waals surface area contributed by atoms with Crippen molar-refractivity contribution in [2.75, 3.05) is 20.8 Å². The molecule has 11 heteroatoms. The standard InChI is InChI=1S/C17H21N5O6/c1-4-28-15-12(26-2)7-10(8-13(15)27-3)9-18-21-14(23)6-5-11-16(24)19-17(25)22-20-11/h7-9H,4-6H2,1-3H3,(H,21,23)(H2,19,22,24,25)/b18-9+. The average molecular weight is 391 g/mol. The number of methoxy groups -OCH3 is 2. The maximum atomic E-state index is 11.9.